The van der Waals surface area contributed by atoms with E-state index in [-0.39, 0.29) is 13.2 Å². The number of nitrogens with one attached hydrogen (secondary N) is 1. The number of carbonyl (C=O) groups excluding carboxylic acids is 3. The number of amides is 3. The molecule has 5 rings (SSSR count). The van der Waals surface area contributed by atoms with Crippen LogP contribution < -0.4 is 10.1 Å². The Morgan fingerprint density at radius 1 is 1.06 bits per heavy atom. The highest BCUT2D eigenvalue weighted by Crippen LogP contribution is 2.30. The number of rotatable bonds is 6. The summed E-state index contributed by atoms with van der Waals surface area (Å²) in [4.78, 5) is 41.2. The Hall–Kier alpha value is -3.23. The number of morpholine rings is 1. The topological polar surface area (TPSA) is 88.2 Å². The predicted molar refractivity (Wildman–Crippen MR) is 137 cm³/mol. The van der Waals surface area contributed by atoms with Gasteiger partial charge < -0.3 is 14.4 Å². The van der Waals surface area contributed by atoms with Gasteiger partial charge in [-0.3, -0.25) is 24.6 Å². The first-order chi connectivity index (χ1) is 17.6. The highest BCUT2D eigenvalue weighted by molar-refractivity contribution is 6.04. The highest BCUT2D eigenvalue weighted by atomic mass is 16.5. The Morgan fingerprint density at radius 3 is 2.56 bits per heavy atom. The van der Waals surface area contributed by atoms with E-state index in [4.69, 9.17) is 9.47 Å². The standard InChI is InChI=1S/C26H29N3O5.C2H6.H2/c30-24-6-2-5-23(25(31)27-24)29-16-22-19(3-1-4-21(22)26(29)32)17-34-20-9-7-18(8-10-20)15-28-11-13-33-14-12-28;1-2;/h1,3-4,7-10,23H,2,5-6,11-17H2,(H,27,30,31);1-2H3;1H/t23-;;/m0../s1. The van der Waals surface area contributed by atoms with Crippen LogP contribution in [0, 0.1) is 0 Å². The molecule has 0 aliphatic carbocycles. The summed E-state index contributed by atoms with van der Waals surface area (Å²) < 4.78 is 11.5. The largest absolute Gasteiger partial charge is 0.489 e. The van der Waals surface area contributed by atoms with Gasteiger partial charge in [0.05, 0.1) is 13.2 Å². The minimum atomic E-state index is -0.626. The van der Waals surface area contributed by atoms with E-state index in [9.17, 15) is 14.4 Å². The van der Waals surface area contributed by atoms with Gasteiger partial charge in [-0.15, -0.1) is 0 Å². The molecule has 8 nitrogen and oxygen atoms in total. The van der Waals surface area contributed by atoms with Crippen LogP contribution in [0.5, 0.6) is 5.75 Å². The second-order valence-corrected chi connectivity index (χ2v) is 9.02. The normalized spacial score (nSPS) is 20.2. The predicted octanol–water partition coefficient (Wildman–Crippen LogP) is 3.52. The Morgan fingerprint density at radius 2 is 1.81 bits per heavy atom. The molecule has 3 aliphatic heterocycles. The second kappa shape index (κ2) is 12.1. The van der Waals surface area contributed by atoms with Crippen molar-refractivity contribution in [3.8, 4) is 5.75 Å². The molecule has 0 saturated carbocycles. The van der Waals surface area contributed by atoms with Gasteiger partial charge in [-0.05, 0) is 47.7 Å². The zero-order chi connectivity index (χ0) is 25.5. The first-order valence-corrected chi connectivity index (χ1v) is 12.9. The lowest BCUT2D eigenvalue weighted by Crippen LogP contribution is -2.46. The smallest absolute Gasteiger partial charge is 0.255 e. The number of fused-ring (bicyclic) bond motifs is 1. The van der Waals surface area contributed by atoms with Crippen molar-refractivity contribution >= 4 is 17.7 Å². The maximum Gasteiger partial charge on any atom is 0.255 e. The fraction of sp³-hybridized carbons (Fsp3) is 0.464. The van der Waals surface area contributed by atoms with E-state index in [1.165, 1.54) is 5.56 Å². The van der Waals surface area contributed by atoms with Gasteiger partial charge in [0.2, 0.25) is 11.8 Å². The van der Waals surface area contributed by atoms with Crippen molar-refractivity contribution in [3.63, 3.8) is 0 Å². The highest BCUT2D eigenvalue weighted by Gasteiger charge is 2.38. The van der Waals surface area contributed by atoms with Crippen LogP contribution in [0.4, 0.5) is 0 Å². The quantitative estimate of drug-likeness (QED) is 0.617. The summed E-state index contributed by atoms with van der Waals surface area (Å²) in [7, 11) is 0. The molecule has 0 spiro atoms. The van der Waals surface area contributed by atoms with Crippen LogP contribution in [0.25, 0.3) is 0 Å². The molecule has 0 unspecified atom stereocenters. The second-order valence-electron chi connectivity index (χ2n) is 9.02. The van der Waals surface area contributed by atoms with Crippen molar-refractivity contribution in [2.24, 2.45) is 0 Å². The minimum absolute atomic E-state index is 0. The molecular formula is C28H37N3O5. The van der Waals surface area contributed by atoms with Gasteiger partial charge in [0.1, 0.15) is 18.4 Å². The van der Waals surface area contributed by atoms with Crippen LogP contribution in [-0.2, 0) is 34.0 Å². The fourth-order valence-corrected chi connectivity index (χ4v) is 4.84. The van der Waals surface area contributed by atoms with Crippen molar-refractivity contribution in [2.75, 3.05) is 26.3 Å². The molecule has 3 aliphatic rings. The fourth-order valence-electron chi connectivity index (χ4n) is 4.84. The molecule has 0 aromatic heterocycles. The van der Waals surface area contributed by atoms with Crippen LogP contribution in [0.15, 0.2) is 42.5 Å². The summed E-state index contributed by atoms with van der Waals surface area (Å²) in [6.07, 6.45) is 1.38. The number of nitrogens with zero attached hydrogens (tertiary/aromatic N) is 2. The van der Waals surface area contributed by atoms with Crippen molar-refractivity contribution in [2.45, 2.75) is 58.8 Å². The van der Waals surface area contributed by atoms with Gasteiger partial charge in [0.15, 0.2) is 0 Å². The van der Waals surface area contributed by atoms with Crippen molar-refractivity contribution in [1.82, 2.24) is 15.1 Å². The van der Waals surface area contributed by atoms with E-state index in [1.54, 1.807) is 11.0 Å². The molecule has 2 aromatic rings. The molecule has 36 heavy (non-hydrogen) atoms. The summed E-state index contributed by atoms with van der Waals surface area (Å²) in [6, 6.07) is 13.1. The molecule has 1 N–H and O–H groups in total. The maximum atomic E-state index is 13.1. The zero-order valence-electron chi connectivity index (χ0n) is 21.1. The summed E-state index contributed by atoms with van der Waals surface area (Å²) in [6.45, 7) is 9.05. The molecule has 0 bridgehead atoms. The lowest BCUT2D eigenvalue weighted by Gasteiger charge is -2.26. The average Bonchev–Trinajstić information content (AvgIpc) is 3.14. The lowest BCUT2D eigenvalue weighted by atomic mass is 10.0. The Bertz CT molecular complexity index is 1090. The average molecular weight is 496 g/mol. The van der Waals surface area contributed by atoms with Crippen molar-refractivity contribution in [3.05, 3.63) is 64.7 Å². The monoisotopic (exact) mass is 495 g/mol. The van der Waals surface area contributed by atoms with Gasteiger partial charge in [0, 0.05) is 39.6 Å². The number of benzene rings is 2. The molecule has 2 saturated heterocycles. The number of carbonyl (C=O) groups is 3. The Labute approximate surface area is 214 Å². The Balaban J connectivity index is 0.00000124. The third-order valence-electron chi connectivity index (χ3n) is 6.74. The van der Waals surface area contributed by atoms with E-state index < -0.39 is 11.9 Å². The summed E-state index contributed by atoms with van der Waals surface area (Å²) in [5, 5.41) is 2.40. The third-order valence-corrected chi connectivity index (χ3v) is 6.74. The van der Waals surface area contributed by atoms with E-state index in [1.807, 2.05) is 38.1 Å². The third kappa shape index (κ3) is 5.94. The van der Waals surface area contributed by atoms with E-state index in [0.29, 0.717) is 38.0 Å². The van der Waals surface area contributed by atoms with Crippen molar-refractivity contribution < 1.29 is 25.3 Å². The first-order valence-electron chi connectivity index (χ1n) is 12.9. The van der Waals surface area contributed by atoms with Crippen LogP contribution in [0.2, 0.25) is 0 Å². The van der Waals surface area contributed by atoms with Crippen LogP contribution in [0.1, 0.15) is 61.6 Å². The molecule has 3 amide bonds. The summed E-state index contributed by atoms with van der Waals surface area (Å²) >= 11 is 0. The Kier molecular flexibility index (Phi) is 8.72. The summed E-state index contributed by atoms with van der Waals surface area (Å²) in [5.41, 5.74) is 3.65. The van der Waals surface area contributed by atoms with E-state index in [0.717, 1.165) is 49.7 Å². The van der Waals surface area contributed by atoms with Gasteiger partial charge in [-0.1, -0.05) is 38.1 Å². The van der Waals surface area contributed by atoms with Crippen molar-refractivity contribution in [1.29, 1.82) is 0 Å². The summed E-state index contributed by atoms with van der Waals surface area (Å²) in [5.74, 6) is -0.0645. The number of hydrogen-bond acceptors (Lipinski definition) is 6. The van der Waals surface area contributed by atoms with Crippen LogP contribution in [0.3, 0.4) is 0 Å². The van der Waals surface area contributed by atoms with Crippen LogP contribution >= 0.6 is 0 Å². The molecule has 194 valence electrons. The molecule has 3 heterocycles. The lowest BCUT2D eigenvalue weighted by molar-refractivity contribution is -0.132. The number of hydrogen-bond donors (Lipinski definition) is 1. The van der Waals surface area contributed by atoms with Gasteiger partial charge in [-0.2, -0.15) is 0 Å². The van der Waals surface area contributed by atoms with Crippen LogP contribution in [-0.4, -0.2) is 59.9 Å². The van der Waals surface area contributed by atoms with Gasteiger partial charge >= 0.3 is 0 Å². The number of imide groups is 1. The molecular weight excluding hydrogens is 458 g/mol. The molecule has 2 fully saturated rings. The first kappa shape index (κ1) is 25.9. The molecule has 2 aromatic carbocycles. The molecule has 1 atom stereocenters. The minimum Gasteiger partial charge on any atom is -0.489 e. The SMILES string of the molecule is CC.O=C1CCC[C@H](N2Cc3c(COc4ccc(CN5CCOCC5)cc4)cccc3C2=O)C(=O)N1.[HH]. The van der Waals surface area contributed by atoms with E-state index >= 15 is 0 Å². The molecule has 8 heteroatoms. The molecule has 0 radical (unpaired) electrons. The number of ether oxygens (including phenoxy) is 2. The maximum absolute atomic E-state index is 13.1. The van der Waals surface area contributed by atoms with Gasteiger partial charge in [-0.25, -0.2) is 0 Å². The van der Waals surface area contributed by atoms with E-state index in [2.05, 4.69) is 22.3 Å². The zero-order valence-corrected chi connectivity index (χ0v) is 21.1. The van der Waals surface area contributed by atoms with Gasteiger partial charge in [0.25, 0.3) is 5.91 Å².